The number of nitrogens with two attached hydrogens (primary N) is 2. The highest BCUT2D eigenvalue weighted by Crippen LogP contribution is 2.24. The molecule has 1 rings (SSSR count). The first kappa shape index (κ1) is 9.85. The zero-order valence-corrected chi connectivity index (χ0v) is 7.22. The van der Waals surface area contributed by atoms with E-state index < -0.39 is 6.43 Å². The lowest BCUT2D eigenvalue weighted by atomic mass is 10.1. The second-order valence-electron chi connectivity index (χ2n) is 2.70. The number of alkyl halides is 2. The standard InChI is InChI=1S/C8H11F2N3/c1-4-6(12)2-5(8(9)10)7(3-11)13-4/h2,8H,3,11-12H2,1H3. The van der Waals surface area contributed by atoms with Crippen LogP contribution in [0.2, 0.25) is 0 Å². The molecule has 0 radical (unpaired) electrons. The van der Waals surface area contributed by atoms with Crippen molar-refractivity contribution in [2.75, 3.05) is 5.73 Å². The number of pyridine rings is 1. The highest BCUT2D eigenvalue weighted by atomic mass is 19.3. The Morgan fingerprint density at radius 3 is 2.62 bits per heavy atom. The van der Waals surface area contributed by atoms with Gasteiger partial charge in [-0.05, 0) is 13.0 Å². The number of halogens is 2. The Bertz CT molecular complexity index is 313. The molecular formula is C8H11F2N3. The Kier molecular flexibility index (Phi) is 2.77. The van der Waals surface area contributed by atoms with Gasteiger partial charge in [0.2, 0.25) is 0 Å². The van der Waals surface area contributed by atoms with Crippen molar-refractivity contribution in [2.24, 2.45) is 5.73 Å². The summed E-state index contributed by atoms with van der Waals surface area (Å²) in [6.07, 6.45) is -2.58. The molecule has 0 aliphatic rings. The van der Waals surface area contributed by atoms with Crippen LogP contribution in [0.1, 0.15) is 23.4 Å². The van der Waals surface area contributed by atoms with Crippen LogP contribution in [-0.4, -0.2) is 4.98 Å². The van der Waals surface area contributed by atoms with Crippen molar-refractivity contribution >= 4 is 5.69 Å². The Labute approximate surface area is 74.8 Å². The summed E-state index contributed by atoms with van der Waals surface area (Å²) in [6.45, 7) is 1.66. The maximum atomic E-state index is 12.4. The fourth-order valence-electron chi connectivity index (χ4n) is 1.04. The van der Waals surface area contributed by atoms with Gasteiger partial charge in [0, 0.05) is 12.1 Å². The molecule has 0 amide bonds. The summed E-state index contributed by atoms with van der Waals surface area (Å²) in [6, 6.07) is 1.23. The van der Waals surface area contributed by atoms with Crippen molar-refractivity contribution in [3.05, 3.63) is 23.0 Å². The van der Waals surface area contributed by atoms with E-state index in [-0.39, 0.29) is 23.5 Å². The Morgan fingerprint density at radius 1 is 1.54 bits per heavy atom. The molecule has 3 nitrogen and oxygen atoms in total. The van der Waals surface area contributed by atoms with E-state index in [0.717, 1.165) is 0 Å². The van der Waals surface area contributed by atoms with Crippen molar-refractivity contribution < 1.29 is 8.78 Å². The Hall–Kier alpha value is -1.23. The molecular weight excluding hydrogens is 176 g/mol. The van der Waals surface area contributed by atoms with Gasteiger partial charge in [-0.25, -0.2) is 8.78 Å². The van der Waals surface area contributed by atoms with Crippen molar-refractivity contribution in [1.82, 2.24) is 4.98 Å². The van der Waals surface area contributed by atoms with E-state index in [0.29, 0.717) is 5.69 Å². The van der Waals surface area contributed by atoms with Gasteiger partial charge in [0.05, 0.1) is 17.1 Å². The van der Waals surface area contributed by atoms with E-state index >= 15 is 0 Å². The number of aromatic nitrogens is 1. The molecule has 0 spiro atoms. The number of anilines is 1. The van der Waals surface area contributed by atoms with Crippen LogP contribution >= 0.6 is 0 Å². The molecule has 0 saturated heterocycles. The molecule has 0 aliphatic carbocycles. The largest absolute Gasteiger partial charge is 0.397 e. The number of rotatable bonds is 2. The van der Waals surface area contributed by atoms with Gasteiger partial charge in [-0.2, -0.15) is 0 Å². The molecule has 1 aromatic rings. The van der Waals surface area contributed by atoms with Gasteiger partial charge in [0.15, 0.2) is 0 Å². The first-order chi connectivity index (χ1) is 6.06. The molecule has 5 heteroatoms. The number of nitrogens with zero attached hydrogens (tertiary/aromatic N) is 1. The first-order valence-corrected chi connectivity index (χ1v) is 3.80. The van der Waals surface area contributed by atoms with Gasteiger partial charge in [0.1, 0.15) is 0 Å². The van der Waals surface area contributed by atoms with Crippen LogP contribution < -0.4 is 11.5 Å². The lowest BCUT2D eigenvalue weighted by Crippen LogP contribution is -2.08. The zero-order valence-electron chi connectivity index (χ0n) is 7.22. The van der Waals surface area contributed by atoms with Crippen molar-refractivity contribution in [1.29, 1.82) is 0 Å². The third kappa shape index (κ3) is 1.92. The quantitative estimate of drug-likeness (QED) is 0.734. The molecule has 0 fully saturated rings. The predicted octanol–water partition coefficient (Wildman–Crippen LogP) is 1.37. The van der Waals surface area contributed by atoms with Gasteiger partial charge >= 0.3 is 0 Å². The molecule has 0 aliphatic heterocycles. The molecule has 4 N–H and O–H groups in total. The molecule has 0 saturated carbocycles. The van der Waals surface area contributed by atoms with Crippen molar-refractivity contribution in [2.45, 2.75) is 19.9 Å². The summed E-state index contributed by atoms with van der Waals surface area (Å²) < 4.78 is 24.8. The monoisotopic (exact) mass is 187 g/mol. The van der Waals surface area contributed by atoms with Gasteiger partial charge < -0.3 is 11.5 Å². The number of hydrogen-bond donors (Lipinski definition) is 2. The summed E-state index contributed by atoms with van der Waals surface area (Å²) in [4.78, 5) is 3.88. The maximum Gasteiger partial charge on any atom is 0.265 e. The fourth-order valence-corrected chi connectivity index (χ4v) is 1.04. The number of hydrogen-bond acceptors (Lipinski definition) is 3. The van der Waals surface area contributed by atoms with Gasteiger partial charge in [0.25, 0.3) is 6.43 Å². The third-order valence-corrected chi connectivity index (χ3v) is 1.79. The lowest BCUT2D eigenvalue weighted by Gasteiger charge is -2.08. The topological polar surface area (TPSA) is 64.9 Å². The second kappa shape index (κ2) is 3.66. The molecule has 13 heavy (non-hydrogen) atoms. The summed E-state index contributed by atoms with van der Waals surface area (Å²) >= 11 is 0. The molecule has 0 bridgehead atoms. The van der Waals surface area contributed by atoms with E-state index in [1.165, 1.54) is 6.07 Å². The first-order valence-electron chi connectivity index (χ1n) is 3.80. The van der Waals surface area contributed by atoms with Crippen LogP contribution in [-0.2, 0) is 6.54 Å². The summed E-state index contributed by atoms with van der Waals surface area (Å²) in [5.74, 6) is 0. The molecule has 1 heterocycles. The summed E-state index contributed by atoms with van der Waals surface area (Å²) in [5.41, 5.74) is 11.6. The average molecular weight is 187 g/mol. The van der Waals surface area contributed by atoms with Crippen LogP contribution in [0.3, 0.4) is 0 Å². The van der Waals surface area contributed by atoms with Crippen molar-refractivity contribution in [3.63, 3.8) is 0 Å². The minimum absolute atomic E-state index is 0.000787. The van der Waals surface area contributed by atoms with Crippen molar-refractivity contribution in [3.8, 4) is 0 Å². The minimum atomic E-state index is -2.58. The van der Waals surface area contributed by atoms with E-state index in [1.807, 2.05) is 0 Å². The average Bonchev–Trinajstić information content (AvgIpc) is 2.08. The van der Waals surface area contributed by atoms with E-state index in [9.17, 15) is 8.78 Å². The highest BCUT2D eigenvalue weighted by molar-refractivity contribution is 5.46. The normalized spacial score (nSPS) is 10.8. The van der Waals surface area contributed by atoms with E-state index in [4.69, 9.17) is 11.5 Å². The highest BCUT2D eigenvalue weighted by Gasteiger charge is 2.14. The lowest BCUT2D eigenvalue weighted by molar-refractivity contribution is 0.149. The summed E-state index contributed by atoms with van der Waals surface area (Å²) in [5, 5.41) is 0. The third-order valence-electron chi connectivity index (χ3n) is 1.79. The van der Waals surface area contributed by atoms with Crippen LogP contribution in [0.5, 0.6) is 0 Å². The molecule has 1 aromatic heterocycles. The zero-order chi connectivity index (χ0) is 10.0. The Balaban J connectivity index is 3.25. The van der Waals surface area contributed by atoms with Crippen LogP contribution in [0, 0.1) is 6.92 Å². The van der Waals surface area contributed by atoms with Gasteiger partial charge in [-0.15, -0.1) is 0 Å². The minimum Gasteiger partial charge on any atom is -0.397 e. The smallest absolute Gasteiger partial charge is 0.265 e. The maximum absolute atomic E-state index is 12.4. The van der Waals surface area contributed by atoms with Gasteiger partial charge in [-0.3, -0.25) is 4.98 Å². The van der Waals surface area contributed by atoms with Crippen LogP contribution in [0.25, 0.3) is 0 Å². The predicted molar refractivity (Wildman–Crippen MR) is 46.2 cm³/mol. The van der Waals surface area contributed by atoms with Gasteiger partial charge in [-0.1, -0.05) is 0 Å². The molecule has 0 unspecified atom stereocenters. The number of aryl methyl sites for hydroxylation is 1. The SMILES string of the molecule is Cc1nc(CN)c(C(F)F)cc1N. The molecule has 0 atom stereocenters. The second-order valence-corrected chi connectivity index (χ2v) is 2.70. The van der Waals surface area contributed by atoms with Crippen LogP contribution in [0.4, 0.5) is 14.5 Å². The van der Waals surface area contributed by atoms with E-state index in [1.54, 1.807) is 6.92 Å². The molecule has 72 valence electrons. The fraction of sp³-hybridized carbons (Fsp3) is 0.375. The molecule has 0 aromatic carbocycles. The number of nitrogen functional groups attached to an aromatic ring is 1. The summed E-state index contributed by atoms with van der Waals surface area (Å²) in [7, 11) is 0. The van der Waals surface area contributed by atoms with Crippen LogP contribution in [0.15, 0.2) is 6.07 Å². The Morgan fingerprint density at radius 2 is 2.15 bits per heavy atom. The van der Waals surface area contributed by atoms with E-state index in [2.05, 4.69) is 4.98 Å².